The number of anilines is 1. The molecule has 18 heavy (non-hydrogen) atoms. The first kappa shape index (κ1) is 14.2. The summed E-state index contributed by atoms with van der Waals surface area (Å²) in [5, 5.41) is 12.7. The minimum absolute atomic E-state index is 0.0765. The molecule has 0 saturated carbocycles. The number of amidine groups is 1. The third-order valence-corrected chi connectivity index (χ3v) is 2.63. The van der Waals surface area contributed by atoms with Crippen LogP contribution in [0.4, 0.5) is 19.0 Å². The lowest BCUT2D eigenvalue weighted by Gasteiger charge is -2.10. The number of hydrogen-bond donors (Lipinski definition) is 5. The summed E-state index contributed by atoms with van der Waals surface area (Å²) < 4.78 is 61.0. The minimum atomic E-state index is -4.67. The Labute approximate surface area is 99.4 Å². The van der Waals surface area contributed by atoms with Crippen LogP contribution in [0.25, 0.3) is 0 Å². The summed E-state index contributed by atoms with van der Waals surface area (Å²) in [6.45, 7) is -1.72. The third kappa shape index (κ3) is 4.21. The van der Waals surface area contributed by atoms with Gasteiger partial charge >= 0.3 is 16.4 Å². The van der Waals surface area contributed by atoms with Gasteiger partial charge in [0.25, 0.3) is 0 Å². The van der Waals surface area contributed by atoms with E-state index in [1.54, 1.807) is 4.72 Å². The molecule has 0 radical (unpaired) electrons. The van der Waals surface area contributed by atoms with E-state index in [1.165, 1.54) is 4.72 Å². The van der Waals surface area contributed by atoms with Crippen LogP contribution in [0.1, 0.15) is 5.56 Å². The van der Waals surface area contributed by atoms with Crippen LogP contribution in [0.5, 0.6) is 0 Å². The van der Waals surface area contributed by atoms with Crippen molar-refractivity contribution in [2.24, 2.45) is 5.73 Å². The zero-order valence-corrected chi connectivity index (χ0v) is 9.48. The van der Waals surface area contributed by atoms with Gasteiger partial charge in [0, 0.05) is 0 Å². The largest absolute Gasteiger partial charge is 0.402 e. The van der Waals surface area contributed by atoms with E-state index >= 15 is 0 Å². The summed E-state index contributed by atoms with van der Waals surface area (Å²) in [4.78, 5) is 0. The van der Waals surface area contributed by atoms with Crippen molar-refractivity contribution in [1.29, 1.82) is 5.41 Å². The number of nitrogens with one attached hydrogen (secondary N) is 4. The van der Waals surface area contributed by atoms with Crippen molar-refractivity contribution in [2.75, 3.05) is 11.3 Å². The molecular weight excluding hydrogens is 277 g/mol. The number of nitrogens with two attached hydrogens (primary N) is 1. The maximum atomic E-state index is 11.8. The van der Waals surface area contributed by atoms with Gasteiger partial charge in [0.1, 0.15) is 18.2 Å². The topological polar surface area (TPSA) is 137 Å². The molecule has 0 fully saturated rings. The molecule has 0 aliphatic rings. The van der Waals surface area contributed by atoms with E-state index < -0.39 is 28.8 Å². The molecule has 1 aromatic rings. The van der Waals surface area contributed by atoms with Gasteiger partial charge in [-0.3, -0.25) is 15.2 Å². The molecule has 102 valence electrons. The normalized spacial score (nSPS) is 12.4. The van der Waals surface area contributed by atoms with E-state index in [0.717, 1.165) is 6.20 Å². The third-order valence-electron chi connectivity index (χ3n) is 1.63. The van der Waals surface area contributed by atoms with Gasteiger partial charge < -0.3 is 5.73 Å². The van der Waals surface area contributed by atoms with E-state index in [-0.39, 0.29) is 11.4 Å². The molecule has 0 spiro atoms. The van der Waals surface area contributed by atoms with Crippen LogP contribution in [0.3, 0.4) is 0 Å². The van der Waals surface area contributed by atoms with E-state index in [2.05, 4.69) is 10.2 Å². The van der Waals surface area contributed by atoms with Crippen molar-refractivity contribution in [3.63, 3.8) is 0 Å². The van der Waals surface area contributed by atoms with E-state index in [4.69, 9.17) is 11.1 Å². The van der Waals surface area contributed by atoms with Crippen LogP contribution in [0.15, 0.2) is 6.20 Å². The highest BCUT2D eigenvalue weighted by molar-refractivity contribution is 7.90. The number of H-pyrrole nitrogens is 1. The first-order valence-corrected chi connectivity index (χ1v) is 5.81. The molecule has 0 amide bonds. The fraction of sp³-hybridized carbons (Fsp3) is 0.333. The van der Waals surface area contributed by atoms with Crippen molar-refractivity contribution >= 4 is 21.9 Å². The number of hydrogen-bond acceptors (Lipinski definition) is 4. The van der Waals surface area contributed by atoms with Gasteiger partial charge in [0.2, 0.25) is 0 Å². The monoisotopic (exact) mass is 286 g/mol. The second-order valence-electron chi connectivity index (χ2n) is 3.11. The Morgan fingerprint density at radius 2 is 2.17 bits per heavy atom. The van der Waals surface area contributed by atoms with Gasteiger partial charge in [-0.15, -0.1) is 0 Å². The number of alkyl halides is 3. The van der Waals surface area contributed by atoms with Crippen molar-refractivity contribution in [3.8, 4) is 0 Å². The van der Waals surface area contributed by atoms with E-state index in [1.807, 2.05) is 0 Å². The Kier molecular flexibility index (Phi) is 3.81. The predicted octanol–water partition coefficient (Wildman–Crippen LogP) is -0.498. The molecule has 0 aliphatic heterocycles. The summed E-state index contributed by atoms with van der Waals surface area (Å²) in [6, 6.07) is 0. The van der Waals surface area contributed by atoms with Gasteiger partial charge in [0.05, 0.1) is 11.8 Å². The first-order valence-electron chi connectivity index (χ1n) is 4.32. The van der Waals surface area contributed by atoms with Crippen LogP contribution >= 0.6 is 0 Å². The predicted molar refractivity (Wildman–Crippen MR) is 56.2 cm³/mol. The molecule has 1 aromatic heterocycles. The Hall–Kier alpha value is -1.82. The summed E-state index contributed by atoms with van der Waals surface area (Å²) in [5.41, 5.74) is 5.03. The lowest BCUT2D eigenvalue weighted by atomic mass is 10.3. The van der Waals surface area contributed by atoms with E-state index in [0.29, 0.717) is 0 Å². The quantitative estimate of drug-likeness (QED) is 0.368. The average Bonchev–Trinajstić information content (AvgIpc) is 2.61. The summed E-state index contributed by atoms with van der Waals surface area (Å²) >= 11 is 0. The highest BCUT2D eigenvalue weighted by Gasteiger charge is 2.29. The van der Waals surface area contributed by atoms with Gasteiger partial charge in [-0.05, 0) is 0 Å². The fourth-order valence-electron chi connectivity index (χ4n) is 0.915. The van der Waals surface area contributed by atoms with Crippen LogP contribution in [0.2, 0.25) is 0 Å². The lowest BCUT2D eigenvalue weighted by molar-refractivity contribution is -0.121. The zero-order valence-electron chi connectivity index (χ0n) is 8.67. The molecule has 0 saturated heterocycles. The molecule has 12 heteroatoms. The zero-order chi connectivity index (χ0) is 14.0. The second kappa shape index (κ2) is 4.81. The number of aromatic amines is 1. The van der Waals surface area contributed by atoms with Crippen molar-refractivity contribution in [1.82, 2.24) is 14.9 Å². The summed E-state index contributed by atoms with van der Waals surface area (Å²) in [6.07, 6.45) is -3.61. The maximum absolute atomic E-state index is 11.8. The molecule has 0 bridgehead atoms. The highest BCUT2D eigenvalue weighted by atomic mass is 32.2. The number of nitrogen functional groups attached to an aromatic ring is 1. The summed E-state index contributed by atoms with van der Waals surface area (Å²) in [7, 11) is -4.44. The molecule has 1 heterocycles. The summed E-state index contributed by atoms with van der Waals surface area (Å²) in [5.74, 6) is -0.783. The number of halogens is 3. The molecule has 0 atom stereocenters. The van der Waals surface area contributed by atoms with Gasteiger partial charge in [-0.2, -0.15) is 31.4 Å². The molecular formula is C6H9F3N6O2S. The number of rotatable bonds is 5. The fourth-order valence-corrected chi connectivity index (χ4v) is 1.77. The molecule has 0 aliphatic carbocycles. The molecule has 1 rings (SSSR count). The van der Waals surface area contributed by atoms with Crippen LogP contribution in [0, 0.1) is 5.41 Å². The molecule has 0 aromatic carbocycles. The van der Waals surface area contributed by atoms with Crippen molar-refractivity contribution in [3.05, 3.63) is 11.8 Å². The van der Waals surface area contributed by atoms with Crippen LogP contribution in [-0.4, -0.2) is 37.2 Å². The maximum Gasteiger partial charge on any atom is 0.402 e. The first-order chi connectivity index (χ1) is 8.11. The average molecular weight is 286 g/mol. The Bertz CT molecular complexity index is 536. The standard InChI is InChI=1S/C6H9F3N6O2S/c7-6(8,9)2-13-18(16,17)15-5-3(4(10)11)1-12-14-5/h1,13H,2H2,(H3,10,11)(H2,12,14,15). The van der Waals surface area contributed by atoms with Crippen LogP contribution in [-0.2, 0) is 10.2 Å². The Morgan fingerprint density at radius 1 is 1.56 bits per heavy atom. The SMILES string of the molecule is N=C(N)c1cn[nH]c1NS(=O)(=O)NCC(F)(F)F. The Balaban J connectivity index is 2.77. The molecule has 8 nitrogen and oxygen atoms in total. The number of aromatic nitrogens is 2. The van der Waals surface area contributed by atoms with Gasteiger partial charge in [-0.25, -0.2) is 0 Å². The van der Waals surface area contributed by atoms with Crippen LogP contribution < -0.4 is 15.2 Å². The lowest BCUT2D eigenvalue weighted by Crippen LogP contribution is -2.37. The Morgan fingerprint density at radius 3 is 2.67 bits per heavy atom. The van der Waals surface area contributed by atoms with Crippen molar-refractivity contribution < 1.29 is 21.6 Å². The van der Waals surface area contributed by atoms with Gasteiger partial charge in [-0.1, -0.05) is 0 Å². The number of nitrogens with zero attached hydrogens (tertiary/aromatic N) is 1. The van der Waals surface area contributed by atoms with Gasteiger partial charge in [0.15, 0.2) is 0 Å². The molecule has 0 unspecified atom stereocenters. The minimum Gasteiger partial charge on any atom is -0.384 e. The van der Waals surface area contributed by atoms with Crippen molar-refractivity contribution in [2.45, 2.75) is 6.18 Å². The second-order valence-corrected chi connectivity index (χ2v) is 4.61. The molecule has 6 N–H and O–H groups in total. The smallest absolute Gasteiger partial charge is 0.384 e. The van der Waals surface area contributed by atoms with E-state index in [9.17, 15) is 21.6 Å². The highest BCUT2D eigenvalue weighted by Crippen LogP contribution is 2.14.